The fourth-order valence-corrected chi connectivity index (χ4v) is 4.14. The number of benzene rings is 1. The van der Waals surface area contributed by atoms with Gasteiger partial charge in [-0.2, -0.15) is 0 Å². The summed E-state index contributed by atoms with van der Waals surface area (Å²) in [6, 6.07) is 11.2. The Morgan fingerprint density at radius 3 is 2.73 bits per heavy atom. The Morgan fingerprint density at radius 2 is 2.03 bits per heavy atom. The maximum atomic E-state index is 13.0. The van der Waals surface area contributed by atoms with Crippen LogP contribution in [0.25, 0.3) is 0 Å². The zero-order chi connectivity index (χ0) is 21.5. The lowest BCUT2D eigenvalue weighted by Gasteiger charge is -2.24. The number of carbonyl (C=O) groups is 3. The average Bonchev–Trinajstić information content (AvgIpc) is 3.40. The Balaban J connectivity index is 1.61. The average molecular weight is 430 g/mol. The van der Waals surface area contributed by atoms with E-state index >= 15 is 0 Å². The first-order valence-corrected chi connectivity index (χ1v) is 11.0. The van der Waals surface area contributed by atoms with Crippen molar-refractivity contribution >= 4 is 34.7 Å². The number of amides is 3. The standard InChI is InChI=1S/C22H27N3O4S/c1-3-24(15-20(26)23-13-17-8-7-11-30-17)22(28)16-12-21(27)25(14-16)18-9-5-6-10-19(18)29-4-2/h5-11,16H,3-4,12-15H2,1-2H3,(H,23,26)/t16-/m1/s1. The van der Waals surface area contributed by atoms with Gasteiger partial charge < -0.3 is 19.9 Å². The molecule has 0 bridgehead atoms. The van der Waals surface area contributed by atoms with Gasteiger partial charge in [0.25, 0.3) is 0 Å². The molecule has 0 aliphatic carbocycles. The van der Waals surface area contributed by atoms with Gasteiger partial charge in [-0.1, -0.05) is 18.2 Å². The van der Waals surface area contributed by atoms with Crippen LogP contribution in [0.5, 0.6) is 5.75 Å². The van der Waals surface area contributed by atoms with Crippen molar-refractivity contribution in [3.05, 3.63) is 46.7 Å². The normalized spacial score (nSPS) is 15.9. The van der Waals surface area contributed by atoms with Crippen molar-refractivity contribution in [2.75, 3.05) is 31.1 Å². The summed E-state index contributed by atoms with van der Waals surface area (Å²) in [5.74, 6) is -0.340. The Morgan fingerprint density at radius 1 is 1.23 bits per heavy atom. The van der Waals surface area contributed by atoms with Crippen LogP contribution >= 0.6 is 11.3 Å². The van der Waals surface area contributed by atoms with E-state index in [4.69, 9.17) is 4.74 Å². The maximum Gasteiger partial charge on any atom is 0.239 e. The zero-order valence-electron chi connectivity index (χ0n) is 17.3. The molecule has 30 heavy (non-hydrogen) atoms. The van der Waals surface area contributed by atoms with Crippen LogP contribution in [-0.4, -0.2) is 48.9 Å². The highest BCUT2D eigenvalue weighted by molar-refractivity contribution is 7.09. The number of para-hydroxylation sites is 2. The van der Waals surface area contributed by atoms with Gasteiger partial charge in [0.2, 0.25) is 17.7 Å². The Hall–Kier alpha value is -2.87. The number of hydrogen-bond donors (Lipinski definition) is 1. The van der Waals surface area contributed by atoms with Crippen LogP contribution in [-0.2, 0) is 20.9 Å². The van der Waals surface area contributed by atoms with Crippen LogP contribution in [0.3, 0.4) is 0 Å². The number of carbonyl (C=O) groups excluding carboxylic acids is 3. The second kappa shape index (κ2) is 10.2. The third kappa shape index (κ3) is 5.18. The van der Waals surface area contributed by atoms with Gasteiger partial charge in [0, 0.05) is 24.4 Å². The van der Waals surface area contributed by atoms with Gasteiger partial charge in [-0.15, -0.1) is 11.3 Å². The van der Waals surface area contributed by atoms with E-state index in [0.29, 0.717) is 31.1 Å². The lowest BCUT2D eigenvalue weighted by Crippen LogP contribution is -2.43. The Bertz CT molecular complexity index is 884. The van der Waals surface area contributed by atoms with E-state index in [1.54, 1.807) is 16.2 Å². The summed E-state index contributed by atoms with van der Waals surface area (Å²) >= 11 is 1.57. The highest BCUT2D eigenvalue weighted by Crippen LogP contribution is 2.33. The first kappa shape index (κ1) is 21.8. The van der Waals surface area contributed by atoms with Crippen LogP contribution < -0.4 is 15.0 Å². The number of likely N-dealkylation sites (N-methyl/N-ethyl adjacent to an activating group) is 1. The minimum atomic E-state index is -0.475. The lowest BCUT2D eigenvalue weighted by atomic mass is 10.1. The molecule has 1 aliphatic heterocycles. The number of nitrogens with zero attached hydrogens (tertiary/aromatic N) is 2. The molecule has 1 saturated heterocycles. The molecular weight excluding hydrogens is 402 g/mol. The molecule has 1 aromatic heterocycles. The molecule has 3 rings (SSSR count). The summed E-state index contributed by atoms with van der Waals surface area (Å²) in [5, 5.41) is 4.80. The van der Waals surface area contributed by atoms with E-state index in [1.807, 2.05) is 55.6 Å². The molecule has 0 spiro atoms. The molecule has 1 aliphatic rings. The number of ether oxygens (including phenoxy) is 1. The van der Waals surface area contributed by atoms with Crippen molar-refractivity contribution in [3.8, 4) is 5.75 Å². The summed E-state index contributed by atoms with van der Waals surface area (Å²) in [5.41, 5.74) is 0.677. The molecule has 0 unspecified atom stereocenters. The predicted octanol–water partition coefficient (Wildman–Crippen LogP) is 2.66. The monoisotopic (exact) mass is 429 g/mol. The Kier molecular flexibility index (Phi) is 7.46. The second-order valence-corrected chi connectivity index (χ2v) is 8.05. The van der Waals surface area contributed by atoms with Crippen molar-refractivity contribution in [2.45, 2.75) is 26.8 Å². The third-order valence-electron chi connectivity index (χ3n) is 5.00. The number of nitrogens with one attached hydrogen (secondary N) is 1. The highest BCUT2D eigenvalue weighted by Gasteiger charge is 2.38. The minimum Gasteiger partial charge on any atom is -0.492 e. The SMILES string of the molecule is CCOc1ccccc1N1C[C@H](C(=O)N(CC)CC(=O)NCc2cccs2)CC1=O. The molecule has 1 atom stereocenters. The number of anilines is 1. The first-order valence-electron chi connectivity index (χ1n) is 10.1. The van der Waals surface area contributed by atoms with Crippen molar-refractivity contribution in [1.82, 2.24) is 10.2 Å². The smallest absolute Gasteiger partial charge is 0.239 e. The van der Waals surface area contributed by atoms with Crippen LogP contribution in [0.2, 0.25) is 0 Å². The molecule has 0 saturated carbocycles. The van der Waals surface area contributed by atoms with Crippen LogP contribution in [0.4, 0.5) is 5.69 Å². The van der Waals surface area contributed by atoms with E-state index in [2.05, 4.69) is 5.32 Å². The third-order valence-corrected chi connectivity index (χ3v) is 5.87. The van der Waals surface area contributed by atoms with E-state index in [-0.39, 0.29) is 37.2 Å². The van der Waals surface area contributed by atoms with E-state index in [0.717, 1.165) is 4.88 Å². The van der Waals surface area contributed by atoms with Gasteiger partial charge in [0.1, 0.15) is 5.75 Å². The van der Waals surface area contributed by atoms with Crippen molar-refractivity contribution in [3.63, 3.8) is 0 Å². The summed E-state index contributed by atoms with van der Waals surface area (Å²) < 4.78 is 5.63. The number of thiophene rings is 1. The topological polar surface area (TPSA) is 79.0 Å². The first-order chi connectivity index (χ1) is 14.5. The second-order valence-electron chi connectivity index (χ2n) is 7.01. The highest BCUT2D eigenvalue weighted by atomic mass is 32.1. The molecule has 160 valence electrons. The molecular formula is C22H27N3O4S. The van der Waals surface area contributed by atoms with Crippen LogP contribution in [0.15, 0.2) is 41.8 Å². The number of rotatable bonds is 9. The summed E-state index contributed by atoms with van der Waals surface area (Å²) in [7, 11) is 0. The Labute approximate surface area is 180 Å². The minimum absolute atomic E-state index is 0.0130. The quantitative estimate of drug-likeness (QED) is 0.665. The van der Waals surface area contributed by atoms with Crippen LogP contribution in [0.1, 0.15) is 25.1 Å². The molecule has 7 nitrogen and oxygen atoms in total. The van der Waals surface area contributed by atoms with Crippen molar-refractivity contribution in [1.29, 1.82) is 0 Å². The van der Waals surface area contributed by atoms with Crippen molar-refractivity contribution < 1.29 is 19.1 Å². The van der Waals surface area contributed by atoms with Gasteiger partial charge in [0.05, 0.1) is 31.3 Å². The molecule has 0 radical (unpaired) electrons. The summed E-state index contributed by atoms with van der Waals surface area (Å²) in [6.45, 7) is 5.35. The predicted molar refractivity (Wildman–Crippen MR) is 116 cm³/mol. The molecule has 3 amide bonds. The van der Waals surface area contributed by atoms with Gasteiger partial charge >= 0.3 is 0 Å². The molecule has 1 aromatic carbocycles. The van der Waals surface area contributed by atoms with E-state index < -0.39 is 5.92 Å². The molecule has 8 heteroatoms. The molecule has 1 fully saturated rings. The van der Waals surface area contributed by atoms with E-state index in [9.17, 15) is 14.4 Å². The zero-order valence-corrected chi connectivity index (χ0v) is 18.1. The fraction of sp³-hybridized carbons (Fsp3) is 0.409. The largest absolute Gasteiger partial charge is 0.492 e. The van der Waals surface area contributed by atoms with Gasteiger partial charge in [-0.3, -0.25) is 14.4 Å². The van der Waals surface area contributed by atoms with Gasteiger partial charge in [0.15, 0.2) is 0 Å². The maximum absolute atomic E-state index is 13.0. The summed E-state index contributed by atoms with van der Waals surface area (Å²) in [4.78, 5) is 42.1. The summed E-state index contributed by atoms with van der Waals surface area (Å²) in [6.07, 6.45) is 0.132. The lowest BCUT2D eigenvalue weighted by molar-refractivity contribution is -0.139. The van der Waals surface area contributed by atoms with E-state index in [1.165, 1.54) is 4.90 Å². The molecule has 2 heterocycles. The number of hydrogen-bond acceptors (Lipinski definition) is 5. The molecule has 2 aromatic rings. The fourth-order valence-electron chi connectivity index (χ4n) is 3.50. The van der Waals surface area contributed by atoms with Gasteiger partial charge in [-0.05, 0) is 37.4 Å². The van der Waals surface area contributed by atoms with Crippen molar-refractivity contribution in [2.24, 2.45) is 5.92 Å². The molecule has 1 N–H and O–H groups in total. The van der Waals surface area contributed by atoms with Gasteiger partial charge in [-0.25, -0.2) is 0 Å². The van der Waals surface area contributed by atoms with Crippen LogP contribution in [0, 0.1) is 5.92 Å².